The van der Waals surface area contributed by atoms with E-state index in [0.29, 0.717) is 18.0 Å². The zero-order valence-corrected chi connectivity index (χ0v) is 13.9. The van der Waals surface area contributed by atoms with E-state index in [1.54, 1.807) is 12.1 Å². The Bertz CT molecular complexity index is 574. The van der Waals surface area contributed by atoms with Gasteiger partial charge in [0.05, 0.1) is 6.04 Å². The Balaban J connectivity index is 1.48. The molecule has 0 amide bonds. The Kier molecular flexibility index (Phi) is 4.91. The van der Waals surface area contributed by atoms with E-state index in [-0.39, 0.29) is 5.82 Å². The molecular weight excluding hydrogens is 295 g/mol. The van der Waals surface area contributed by atoms with Gasteiger partial charge in [0, 0.05) is 17.5 Å². The van der Waals surface area contributed by atoms with Gasteiger partial charge in [-0.2, -0.15) is 0 Å². The quantitative estimate of drug-likeness (QED) is 0.865. The van der Waals surface area contributed by atoms with Crippen molar-refractivity contribution in [2.75, 3.05) is 20.6 Å². The van der Waals surface area contributed by atoms with Gasteiger partial charge in [-0.05, 0) is 62.0 Å². The van der Waals surface area contributed by atoms with E-state index < -0.39 is 0 Å². The number of hydrogen-bond donors (Lipinski definition) is 1. The molecule has 2 nitrogen and oxygen atoms in total. The van der Waals surface area contributed by atoms with E-state index in [0.717, 1.165) is 19.4 Å². The summed E-state index contributed by atoms with van der Waals surface area (Å²) in [6, 6.07) is 12.3. The summed E-state index contributed by atoms with van der Waals surface area (Å²) in [7, 11) is 4.27. The fraction of sp³-hybridized carbons (Fsp3) is 0.444. The van der Waals surface area contributed by atoms with Gasteiger partial charge in [0.25, 0.3) is 0 Å². The van der Waals surface area contributed by atoms with Crippen molar-refractivity contribution < 1.29 is 4.39 Å². The molecule has 0 radical (unpaired) electrons. The van der Waals surface area contributed by atoms with Crippen LogP contribution < -0.4 is 5.32 Å². The molecule has 1 N–H and O–H groups in total. The predicted molar refractivity (Wildman–Crippen MR) is 90.9 cm³/mol. The van der Waals surface area contributed by atoms with Gasteiger partial charge in [-0.25, -0.2) is 4.39 Å². The average Bonchev–Trinajstić information content (AvgIpc) is 2.96. The topological polar surface area (TPSA) is 15.3 Å². The summed E-state index contributed by atoms with van der Waals surface area (Å²) in [5.74, 6) is 0.431. The minimum absolute atomic E-state index is 0.150. The normalized spacial score (nSPS) is 22.5. The van der Waals surface area contributed by atoms with Gasteiger partial charge in [0.2, 0.25) is 0 Å². The standard InChI is InChI=1S/C18H23FN2S/c1-21(2)17(18-4-3-9-22-18)12-20-16-10-14(11-16)13-5-7-15(19)8-6-13/h3-9,14,16-17,20H,10-12H2,1-2H3. The Morgan fingerprint density at radius 3 is 2.55 bits per heavy atom. The minimum Gasteiger partial charge on any atom is -0.312 e. The first-order chi connectivity index (χ1) is 10.6. The third-order valence-electron chi connectivity index (χ3n) is 4.57. The van der Waals surface area contributed by atoms with Crippen molar-refractivity contribution in [2.45, 2.75) is 30.8 Å². The van der Waals surface area contributed by atoms with Gasteiger partial charge in [0.1, 0.15) is 5.82 Å². The SMILES string of the molecule is CN(C)C(CNC1CC(c2ccc(F)cc2)C1)c1cccs1. The lowest BCUT2D eigenvalue weighted by molar-refractivity contribution is 0.239. The van der Waals surface area contributed by atoms with E-state index in [4.69, 9.17) is 0 Å². The summed E-state index contributed by atoms with van der Waals surface area (Å²) in [5, 5.41) is 5.83. The lowest BCUT2D eigenvalue weighted by atomic mass is 9.76. The summed E-state index contributed by atoms with van der Waals surface area (Å²) in [6.45, 7) is 0.980. The molecule has 1 aromatic heterocycles. The van der Waals surface area contributed by atoms with Crippen LogP contribution in [-0.4, -0.2) is 31.6 Å². The maximum Gasteiger partial charge on any atom is 0.123 e. The second-order valence-electron chi connectivity index (χ2n) is 6.32. The molecule has 1 aromatic carbocycles. The summed E-state index contributed by atoms with van der Waals surface area (Å²) in [5.41, 5.74) is 1.27. The molecule has 1 saturated carbocycles. The lowest BCUT2D eigenvalue weighted by Crippen LogP contribution is -2.43. The molecule has 2 aromatic rings. The highest BCUT2D eigenvalue weighted by atomic mass is 32.1. The average molecular weight is 318 g/mol. The van der Waals surface area contributed by atoms with E-state index in [9.17, 15) is 4.39 Å². The molecule has 1 atom stereocenters. The largest absolute Gasteiger partial charge is 0.312 e. The molecule has 0 bridgehead atoms. The fourth-order valence-corrected chi connectivity index (χ4v) is 4.01. The summed E-state index contributed by atoms with van der Waals surface area (Å²) >= 11 is 1.82. The number of nitrogens with one attached hydrogen (secondary N) is 1. The number of benzene rings is 1. The molecule has 118 valence electrons. The van der Waals surface area contributed by atoms with Gasteiger partial charge in [0.15, 0.2) is 0 Å². The van der Waals surface area contributed by atoms with Crippen LogP contribution in [0.3, 0.4) is 0 Å². The van der Waals surface area contributed by atoms with Gasteiger partial charge >= 0.3 is 0 Å². The molecule has 1 unspecified atom stereocenters. The molecule has 0 spiro atoms. The Morgan fingerprint density at radius 1 is 1.23 bits per heavy atom. The summed E-state index contributed by atoms with van der Waals surface area (Å²) < 4.78 is 13.0. The van der Waals surface area contributed by atoms with Gasteiger partial charge < -0.3 is 10.2 Å². The van der Waals surface area contributed by atoms with Gasteiger partial charge in [-0.3, -0.25) is 0 Å². The van der Waals surface area contributed by atoms with Crippen LogP contribution in [0.1, 0.15) is 35.2 Å². The predicted octanol–water partition coefficient (Wildman–Crippen LogP) is 4.03. The van der Waals surface area contributed by atoms with Crippen LogP contribution in [0.25, 0.3) is 0 Å². The maximum absolute atomic E-state index is 13.0. The highest BCUT2D eigenvalue weighted by Gasteiger charge is 2.30. The third-order valence-corrected chi connectivity index (χ3v) is 5.55. The van der Waals surface area contributed by atoms with Crippen LogP contribution in [0, 0.1) is 5.82 Å². The van der Waals surface area contributed by atoms with E-state index in [2.05, 4.69) is 41.8 Å². The third kappa shape index (κ3) is 3.57. The smallest absolute Gasteiger partial charge is 0.123 e. The molecule has 1 fully saturated rings. The lowest BCUT2D eigenvalue weighted by Gasteiger charge is -2.38. The van der Waals surface area contributed by atoms with Crippen molar-refractivity contribution >= 4 is 11.3 Å². The summed E-state index contributed by atoms with van der Waals surface area (Å²) in [4.78, 5) is 3.68. The molecule has 0 aliphatic heterocycles. The maximum atomic E-state index is 13.0. The molecular formula is C18H23FN2S. The van der Waals surface area contributed by atoms with Gasteiger partial charge in [-0.1, -0.05) is 18.2 Å². The number of nitrogens with zero attached hydrogens (tertiary/aromatic N) is 1. The first-order valence-electron chi connectivity index (χ1n) is 7.82. The second-order valence-corrected chi connectivity index (χ2v) is 7.30. The molecule has 4 heteroatoms. The van der Waals surface area contributed by atoms with Crippen LogP contribution in [0.4, 0.5) is 4.39 Å². The van der Waals surface area contributed by atoms with Gasteiger partial charge in [-0.15, -0.1) is 11.3 Å². The highest BCUT2D eigenvalue weighted by Crippen LogP contribution is 2.37. The van der Waals surface area contributed by atoms with E-state index in [1.807, 2.05) is 23.5 Å². The molecule has 1 aliphatic carbocycles. The van der Waals surface area contributed by atoms with E-state index >= 15 is 0 Å². The number of rotatable bonds is 6. The van der Waals surface area contributed by atoms with Crippen molar-refractivity contribution in [3.05, 3.63) is 58.0 Å². The Hall–Kier alpha value is -1.23. The van der Waals surface area contributed by atoms with Crippen molar-refractivity contribution in [1.29, 1.82) is 0 Å². The Morgan fingerprint density at radius 2 is 1.95 bits per heavy atom. The number of thiophene rings is 1. The van der Waals surface area contributed by atoms with E-state index in [1.165, 1.54) is 10.4 Å². The van der Waals surface area contributed by atoms with Crippen LogP contribution in [0.15, 0.2) is 41.8 Å². The second kappa shape index (κ2) is 6.90. The molecule has 1 aliphatic rings. The van der Waals surface area contributed by atoms with Crippen molar-refractivity contribution in [3.63, 3.8) is 0 Å². The number of halogens is 1. The number of hydrogen-bond acceptors (Lipinski definition) is 3. The minimum atomic E-state index is -0.150. The van der Waals surface area contributed by atoms with Crippen molar-refractivity contribution in [1.82, 2.24) is 10.2 Å². The zero-order valence-electron chi connectivity index (χ0n) is 13.1. The van der Waals surface area contributed by atoms with Crippen LogP contribution >= 0.6 is 11.3 Å². The van der Waals surface area contributed by atoms with Crippen LogP contribution in [-0.2, 0) is 0 Å². The first kappa shape index (κ1) is 15.7. The van der Waals surface area contributed by atoms with Crippen molar-refractivity contribution in [2.24, 2.45) is 0 Å². The highest BCUT2D eigenvalue weighted by molar-refractivity contribution is 7.10. The Labute approximate surface area is 136 Å². The fourth-order valence-electron chi connectivity index (χ4n) is 3.09. The van der Waals surface area contributed by atoms with Crippen molar-refractivity contribution in [3.8, 4) is 0 Å². The summed E-state index contributed by atoms with van der Waals surface area (Å²) in [6.07, 6.45) is 2.30. The van der Waals surface area contributed by atoms with Crippen LogP contribution in [0.2, 0.25) is 0 Å². The molecule has 0 saturated heterocycles. The molecule has 3 rings (SSSR count). The molecule has 22 heavy (non-hydrogen) atoms. The monoisotopic (exact) mass is 318 g/mol. The van der Waals surface area contributed by atoms with Crippen LogP contribution in [0.5, 0.6) is 0 Å². The first-order valence-corrected chi connectivity index (χ1v) is 8.70. The molecule has 1 heterocycles. The number of likely N-dealkylation sites (N-methyl/N-ethyl adjacent to an activating group) is 1. The zero-order chi connectivity index (χ0) is 15.5.